The third-order valence-corrected chi connectivity index (χ3v) is 9.81. The lowest BCUT2D eigenvalue weighted by molar-refractivity contribution is 1.18. The van der Waals surface area contributed by atoms with Crippen LogP contribution >= 0.6 is 11.3 Å². The number of hydrogen-bond acceptors (Lipinski definition) is 5. The third-order valence-electron chi connectivity index (χ3n) is 8.75. The topological polar surface area (TPSA) is 51.6 Å². The van der Waals surface area contributed by atoms with E-state index in [0.29, 0.717) is 11.6 Å². The zero-order chi connectivity index (χ0) is 32.6. The number of nitrogens with zero attached hydrogens (tertiary/aromatic N) is 4. The fourth-order valence-corrected chi connectivity index (χ4v) is 7.37. The molecule has 0 atom stereocenters. The van der Waals surface area contributed by atoms with Crippen molar-refractivity contribution in [2.45, 2.75) is 0 Å². The number of fused-ring (bicyclic) bond motifs is 3. The second-order valence-corrected chi connectivity index (χ2v) is 12.9. The van der Waals surface area contributed by atoms with Crippen LogP contribution in [0.25, 0.3) is 88.0 Å². The van der Waals surface area contributed by atoms with Crippen LogP contribution in [0.2, 0.25) is 0 Å². The lowest BCUT2D eigenvalue weighted by Gasteiger charge is -2.11. The Balaban J connectivity index is 1.21. The number of thiophene rings is 1. The molecule has 49 heavy (non-hydrogen) atoms. The molecule has 0 fully saturated rings. The molecule has 0 radical (unpaired) electrons. The molecule has 3 heterocycles. The molecule has 0 saturated carbocycles. The number of benzene rings is 6. The molecule has 0 saturated heterocycles. The molecule has 0 unspecified atom stereocenters. The van der Waals surface area contributed by atoms with Gasteiger partial charge >= 0.3 is 0 Å². The summed E-state index contributed by atoms with van der Waals surface area (Å²) in [5.74, 6) is 1.37. The molecule has 0 spiro atoms. The summed E-state index contributed by atoms with van der Waals surface area (Å²) < 4.78 is 1.19. The van der Waals surface area contributed by atoms with Crippen molar-refractivity contribution in [1.82, 2.24) is 19.9 Å². The van der Waals surface area contributed by atoms with Crippen molar-refractivity contribution in [3.8, 4) is 67.7 Å². The lowest BCUT2D eigenvalue weighted by Crippen LogP contribution is -1.97. The van der Waals surface area contributed by atoms with Crippen LogP contribution < -0.4 is 0 Å². The van der Waals surface area contributed by atoms with Crippen LogP contribution in [-0.2, 0) is 0 Å². The molecule has 9 aromatic rings. The van der Waals surface area contributed by atoms with Crippen LogP contribution in [0.15, 0.2) is 170 Å². The van der Waals surface area contributed by atoms with Crippen molar-refractivity contribution in [3.63, 3.8) is 0 Å². The minimum absolute atomic E-state index is 0.666. The maximum atomic E-state index is 5.29. The Bertz CT molecular complexity index is 2520. The summed E-state index contributed by atoms with van der Waals surface area (Å²) in [4.78, 5) is 21.6. The minimum atomic E-state index is 0.666. The highest BCUT2D eigenvalue weighted by molar-refractivity contribution is 7.25. The lowest BCUT2D eigenvalue weighted by atomic mass is 10.0. The summed E-state index contributed by atoms with van der Waals surface area (Å²) in [6.07, 6.45) is 0. The Kier molecular flexibility index (Phi) is 7.30. The van der Waals surface area contributed by atoms with E-state index in [2.05, 4.69) is 127 Å². The zero-order valence-electron chi connectivity index (χ0n) is 26.4. The first kappa shape index (κ1) is 28.9. The van der Waals surface area contributed by atoms with Crippen molar-refractivity contribution in [1.29, 1.82) is 0 Å². The van der Waals surface area contributed by atoms with Crippen molar-refractivity contribution in [2.75, 3.05) is 0 Å². The highest BCUT2D eigenvalue weighted by Gasteiger charge is 2.18. The molecular formula is C44H28N4S. The molecule has 0 N–H and O–H groups in total. The average Bonchev–Trinajstić information content (AvgIpc) is 3.57. The van der Waals surface area contributed by atoms with Gasteiger partial charge in [0.1, 0.15) is 4.83 Å². The van der Waals surface area contributed by atoms with Crippen LogP contribution in [-0.4, -0.2) is 19.9 Å². The van der Waals surface area contributed by atoms with E-state index in [4.69, 9.17) is 19.9 Å². The van der Waals surface area contributed by atoms with Crippen molar-refractivity contribution < 1.29 is 0 Å². The van der Waals surface area contributed by atoms with E-state index in [0.717, 1.165) is 66.1 Å². The van der Waals surface area contributed by atoms with Gasteiger partial charge in [0.05, 0.1) is 17.1 Å². The first-order chi connectivity index (χ1) is 24.3. The summed E-state index contributed by atoms with van der Waals surface area (Å²) >= 11 is 1.70. The van der Waals surface area contributed by atoms with Gasteiger partial charge in [-0.3, -0.25) is 0 Å². The van der Waals surface area contributed by atoms with E-state index in [1.807, 2.05) is 42.5 Å². The van der Waals surface area contributed by atoms with Crippen molar-refractivity contribution in [2.24, 2.45) is 0 Å². The summed E-state index contributed by atoms with van der Waals surface area (Å²) in [6, 6.07) is 58.5. The van der Waals surface area contributed by atoms with Gasteiger partial charge in [-0.15, -0.1) is 11.3 Å². The molecule has 5 heteroatoms. The van der Waals surface area contributed by atoms with Gasteiger partial charge in [-0.25, -0.2) is 19.9 Å². The van der Waals surface area contributed by atoms with Crippen LogP contribution in [0.4, 0.5) is 0 Å². The van der Waals surface area contributed by atoms with Gasteiger partial charge in [-0.2, -0.15) is 0 Å². The first-order valence-corrected chi connectivity index (χ1v) is 17.0. The second kappa shape index (κ2) is 12.4. The quantitative estimate of drug-likeness (QED) is 0.181. The largest absolute Gasteiger partial charge is 0.228 e. The second-order valence-electron chi connectivity index (χ2n) is 11.9. The SMILES string of the molecule is c1ccc(-c2ccc(-c3nc(-c4cccc(-c5nc(-c6ccccc6)cc(-c6ccccc6)n5)c4)c4c(n3)sc3ccccc34)cc2)cc1. The number of aromatic nitrogens is 4. The van der Waals surface area contributed by atoms with Crippen molar-refractivity contribution in [3.05, 3.63) is 170 Å². The monoisotopic (exact) mass is 644 g/mol. The van der Waals surface area contributed by atoms with Gasteiger partial charge in [-0.1, -0.05) is 152 Å². The van der Waals surface area contributed by atoms with Gasteiger partial charge in [-0.05, 0) is 29.3 Å². The smallest absolute Gasteiger partial charge is 0.161 e. The molecule has 230 valence electrons. The van der Waals surface area contributed by atoms with Crippen molar-refractivity contribution >= 4 is 31.6 Å². The highest BCUT2D eigenvalue weighted by atomic mass is 32.1. The van der Waals surface area contributed by atoms with E-state index in [1.165, 1.54) is 10.3 Å². The van der Waals surface area contributed by atoms with E-state index in [1.54, 1.807) is 11.3 Å². The summed E-state index contributed by atoms with van der Waals surface area (Å²) in [5.41, 5.74) is 9.98. The van der Waals surface area contributed by atoms with E-state index in [9.17, 15) is 0 Å². The summed E-state index contributed by atoms with van der Waals surface area (Å²) in [7, 11) is 0. The number of hydrogen-bond donors (Lipinski definition) is 0. The molecular weight excluding hydrogens is 617 g/mol. The Labute approximate surface area is 288 Å². The number of rotatable bonds is 6. The predicted octanol–water partition coefficient (Wildman–Crippen LogP) is 11.6. The maximum Gasteiger partial charge on any atom is 0.161 e. The molecule has 4 nitrogen and oxygen atoms in total. The standard InChI is InChI=1S/C44H28N4S/c1-4-13-29(14-5-1)30-23-25-33(26-24-30)42-47-41(40-36-21-10-11-22-39(36)49-44(40)48-42)34-19-12-20-35(27-34)43-45-37(31-15-6-2-7-16-31)28-38(46-43)32-17-8-3-9-18-32/h1-28H. The average molecular weight is 645 g/mol. The molecule has 0 amide bonds. The van der Waals surface area contributed by atoms with E-state index < -0.39 is 0 Å². The molecule has 0 aliphatic heterocycles. The van der Waals surface area contributed by atoms with Gasteiger partial charge in [0.25, 0.3) is 0 Å². The first-order valence-electron chi connectivity index (χ1n) is 16.2. The maximum absolute atomic E-state index is 5.29. The van der Waals surface area contributed by atoms with Crippen LogP contribution in [0.5, 0.6) is 0 Å². The Hall–Kier alpha value is -6.30. The summed E-state index contributed by atoms with van der Waals surface area (Å²) in [6.45, 7) is 0. The van der Waals surface area contributed by atoms with Gasteiger partial charge in [0, 0.05) is 43.3 Å². The fraction of sp³-hybridized carbons (Fsp3) is 0. The predicted molar refractivity (Wildman–Crippen MR) is 203 cm³/mol. The summed E-state index contributed by atoms with van der Waals surface area (Å²) in [5, 5.41) is 2.22. The minimum Gasteiger partial charge on any atom is -0.228 e. The molecule has 0 bridgehead atoms. The zero-order valence-corrected chi connectivity index (χ0v) is 27.2. The van der Waals surface area contributed by atoms with Gasteiger partial charge in [0.15, 0.2) is 11.6 Å². The highest BCUT2D eigenvalue weighted by Crippen LogP contribution is 2.40. The molecule has 6 aromatic carbocycles. The molecule has 0 aliphatic carbocycles. The third kappa shape index (κ3) is 5.56. The van der Waals surface area contributed by atoms with Crippen LogP contribution in [0.1, 0.15) is 0 Å². The van der Waals surface area contributed by atoms with Gasteiger partial charge in [0.2, 0.25) is 0 Å². The molecule has 0 aliphatic rings. The van der Waals surface area contributed by atoms with E-state index in [-0.39, 0.29) is 0 Å². The Morgan fingerprint density at radius 1 is 0.347 bits per heavy atom. The Morgan fingerprint density at radius 3 is 1.53 bits per heavy atom. The van der Waals surface area contributed by atoms with Gasteiger partial charge < -0.3 is 0 Å². The van der Waals surface area contributed by atoms with Crippen LogP contribution in [0.3, 0.4) is 0 Å². The normalized spacial score (nSPS) is 11.3. The fourth-order valence-electron chi connectivity index (χ4n) is 6.30. The molecule has 9 rings (SSSR count). The van der Waals surface area contributed by atoms with Crippen LogP contribution in [0, 0.1) is 0 Å². The van der Waals surface area contributed by atoms with E-state index >= 15 is 0 Å². The Morgan fingerprint density at radius 2 is 0.857 bits per heavy atom. The molecule has 3 aromatic heterocycles.